The summed E-state index contributed by atoms with van der Waals surface area (Å²) in [6, 6.07) is 0. The molecule has 0 aliphatic carbocycles. The second kappa shape index (κ2) is 6.12. The molecule has 0 radical (unpaired) electrons. The fraction of sp³-hybridized carbons (Fsp3) is 1.00. The van der Waals surface area contributed by atoms with E-state index in [1.807, 2.05) is 0 Å². The maximum Gasteiger partial charge on any atom is 0.0444 e. The van der Waals surface area contributed by atoms with Crippen molar-refractivity contribution < 1.29 is 0 Å². The number of hydrogen-bond acceptors (Lipinski definition) is 4. The summed E-state index contributed by atoms with van der Waals surface area (Å²) in [6.07, 6.45) is 3.95. The van der Waals surface area contributed by atoms with Gasteiger partial charge in [-0.05, 0) is 51.6 Å². The van der Waals surface area contributed by atoms with E-state index in [4.69, 9.17) is 5.73 Å². The van der Waals surface area contributed by atoms with Gasteiger partial charge in [-0.25, -0.2) is 0 Å². The maximum atomic E-state index is 6.17. The highest BCUT2D eigenvalue weighted by Crippen LogP contribution is 2.37. The number of nitrogens with two attached hydrogens (primary N) is 1. The van der Waals surface area contributed by atoms with Crippen LogP contribution in [-0.2, 0) is 0 Å². The summed E-state index contributed by atoms with van der Waals surface area (Å²) in [4.78, 5) is 5.04. The molecule has 2 heterocycles. The third kappa shape index (κ3) is 2.87. The fourth-order valence-corrected chi connectivity index (χ4v) is 5.04. The van der Waals surface area contributed by atoms with Crippen LogP contribution < -0.4 is 5.73 Å². The molecule has 0 saturated carbocycles. The Morgan fingerprint density at radius 3 is 2.83 bits per heavy atom. The van der Waals surface area contributed by atoms with Crippen molar-refractivity contribution in [2.45, 2.75) is 37.0 Å². The van der Waals surface area contributed by atoms with Gasteiger partial charge in [-0.1, -0.05) is 6.92 Å². The van der Waals surface area contributed by atoms with Gasteiger partial charge >= 0.3 is 0 Å². The molecule has 0 amide bonds. The minimum atomic E-state index is 0.240. The molecule has 18 heavy (non-hydrogen) atoms. The lowest BCUT2D eigenvalue weighted by molar-refractivity contribution is 0.0943. The molecule has 4 heteroatoms. The summed E-state index contributed by atoms with van der Waals surface area (Å²) in [6.45, 7) is 6.91. The Morgan fingerprint density at radius 1 is 1.50 bits per heavy atom. The quantitative estimate of drug-likeness (QED) is 0.839. The number of thioether (sulfide) groups is 1. The average Bonchev–Trinajstić information content (AvgIpc) is 2.75. The molecule has 106 valence electrons. The Bertz CT molecular complexity index is 274. The third-order valence-corrected chi connectivity index (χ3v) is 6.48. The Morgan fingerprint density at radius 2 is 2.28 bits per heavy atom. The second-order valence-corrected chi connectivity index (χ2v) is 7.67. The summed E-state index contributed by atoms with van der Waals surface area (Å²) in [7, 11) is 4.53. The summed E-state index contributed by atoms with van der Waals surface area (Å²) < 4.78 is 0. The van der Waals surface area contributed by atoms with Crippen molar-refractivity contribution in [2.24, 2.45) is 11.7 Å². The molecule has 0 aromatic carbocycles. The van der Waals surface area contributed by atoms with Gasteiger partial charge in [0.15, 0.2) is 0 Å². The SMILES string of the molecule is CC1SCCCC1(CN)N(C)CC1CCN(C)C1. The van der Waals surface area contributed by atoms with E-state index < -0.39 is 0 Å². The van der Waals surface area contributed by atoms with Gasteiger partial charge in [-0.2, -0.15) is 11.8 Å². The van der Waals surface area contributed by atoms with Gasteiger partial charge in [0.1, 0.15) is 0 Å². The van der Waals surface area contributed by atoms with E-state index in [0.29, 0.717) is 5.25 Å². The minimum Gasteiger partial charge on any atom is -0.329 e. The average molecular weight is 271 g/mol. The van der Waals surface area contributed by atoms with Crippen LogP contribution in [0.3, 0.4) is 0 Å². The van der Waals surface area contributed by atoms with E-state index >= 15 is 0 Å². The molecular formula is C14H29N3S. The zero-order valence-electron chi connectivity index (χ0n) is 12.2. The van der Waals surface area contributed by atoms with Gasteiger partial charge in [-0.15, -0.1) is 0 Å². The molecule has 3 unspecified atom stereocenters. The summed E-state index contributed by atoms with van der Waals surface area (Å²) >= 11 is 2.10. The fourth-order valence-electron chi connectivity index (χ4n) is 3.67. The highest BCUT2D eigenvalue weighted by Gasteiger charge is 2.41. The highest BCUT2D eigenvalue weighted by molar-refractivity contribution is 8.00. The molecule has 0 aromatic rings. The van der Waals surface area contributed by atoms with E-state index in [1.54, 1.807) is 0 Å². The lowest BCUT2D eigenvalue weighted by Crippen LogP contribution is -2.60. The number of likely N-dealkylation sites (tertiary alicyclic amines) is 1. The van der Waals surface area contributed by atoms with E-state index in [2.05, 4.69) is 42.6 Å². The molecule has 0 bridgehead atoms. The van der Waals surface area contributed by atoms with Gasteiger partial charge in [0.05, 0.1) is 0 Å². The van der Waals surface area contributed by atoms with Crippen molar-refractivity contribution in [3.8, 4) is 0 Å². The number of rotatable bonds is 4. The topological polar surface area (TPSA) is 32.5 Å². The smallest absolute Gasteiger partial charge is 0.0444 e. The molecule has 0 aromatic heterocycles. The summed E-state index contributed by atoms with van der Waals surface area (Å²) in [5.41, 5.74) is 6.41. The highest BCUT2D eigenvalue weighted by atomic mass is 32.2. The Labute approximate surface area is 116 Å². The van der Waals surface area contributed by atoms with Crippen molar-refractivity contribution >= 4 is 11.8 Å². The Hall–Kier alpha value is 0.230. The van der Waals surface area contributed by atoms with Crippen molar-refractivity contribution in [3.63, 3.8) is 0 Å². The van der Waals surface area contributed by atoms with Crippen molar-refractivity contribution in [2.75, 3.05) is 46.0 Å². The van der Waals surface area contributed by atoms with Crippen molar-refractivity contribution in [1.82, 2.24) is 9.80 Å². The van der Waals surface area contributed by atoms with E-state index in [9.17, 15) is 0 Å². The first kappa shape index (κ1) is 14.6. The van der Waals surface area contributed by atoms with Crippen LogP contribution in [0, 0.1) is 5.92 Å². The molecule has 2 N–H and O–H groups in total. The van der Waals surface area contributed by atoms with Crippen LogP contribution in [0.4, 0.5) is 0 Å². The van der Waals surface area contributed by atoms with Gasteiger partial charge in [-0.3, -0.25) is 4.90 Å². The minimum absolute atomic E-state index is 0.240. The molecule has 2 fully saturated rings. The van der Waals surface area contributed by atoms with Gasteiger partial charge in [0.2, 0.25) is 0 Å². The van der Waals surface area contributed by atoms with E-state index in [0.717, 1.165) is 12.5 Å². The summed E-state index contributed by atoms with van der Waals surface area (Å²) in [5.74, 6) is 2.14. The Balaban J connectivity index is 1.98. The lowest BCUT2D eigenvalue weighted by atomic mass is 9.87. The largest absolute Gasteiger partial charge is 0.329 e. The molecule has 0 spiro atoms. The zero-order valence-corrected chi connectivity index (χ0v) is 13.0. The molecular weight excluding hydrogens is 242 g/mol. The van der Waals surface area contributed by atoms with Crippen LogP contribution in [0.5, 0.6) is 0 Å². The van der Waals surface area contributed by atoms with Crippen LogP contribution in [0.15, 0.2) is 0 Å². The third-order valence-electron chi connectivity index (χ3n) is 5.01. The number of likely N-dealkylation sites (N-methyl/N-ethyl adjacent to an activating group) is 1. The first-order chi connectivity index (χ1) is 8.58. The second-order valence-electron chi connectivity index (χ2n) is 6.22. The molecule has 3 atom stereocenters. The number of nitrogens with zero attached hydrogens (tertiary/aromatic N) is 2. The molecule has 3 nitrogen and oxygen atoms in total. The standard InChI is InChI=1S/C14H29N3S/c1-12-14(11-15,6-4-8-18-12)17(3)10-13-5-7-16(2)9-13/h12-13H,4-11,15H2,1-3H3. The van der Waals surface area contributed by atoms with Crippen molar-refractivity contribution in [3.05, 3.63) is 0 Å². The maximum absolute atomic E-state index is 6.17. The zero-order chi connectivity index (χ0) is 13.2. The Kier molecular flexibility index (Phi) is 4.98. The molecule has 2 aliphatic heterocycles. The monoisotopic (exact) mass is 271 g/mol. The molecule has 2 saturated heterocycles. The first-order valence-corrected chi connectivity index (χ1v) is 8.35. The van der Waals surface area contributed by atoms with Gasteiger partial charge < -0.3 is 10.6 Å². The first-order valence-electron chi connectivity index (χ1n) is 7.30. The normalized spacial score (nSPS) is 38.5. The predicted octanol–water partition coefficient (Wildman–Crippen LogP) is 1.48. The van der Waals surface area contributed by atoms with Crippen LogP contribution in [0.1, 0.15) is 26.2 Å². The van der Waals surface area contributed by atoms with E-state index in [-0.39, 0.29) is 5.54 Å². The van der Waals surface area contributed by atoms with Crippen LogP contribution in [0.25, 0.3) is 0 Å². The molecule has 2 rings (SSSR count). The van der Waals surface area contributed by atoms with Crippen LogP contribution >= 0.6 is 11.8 Å². The predicted molar refractivity (Wildman–Crippen MR) is 81.2 cm³/mol. The van der Waals surface area contributed by atoms with Crippen LogP contribution in [-0.4, -0.2) is 66.6 Å². The number of hydrogen-bond donors (Lipinski definition) is 1. The summed E-state index contributed by atoms with van der Waals surface area (Å²) in [5, 5.41) is 0.667. The van der Waals surface area contributed by atoms with Gasteiger partial charge in [0, 0.05) is 30.4 Å². The molecule has 2 aliphatic rings. The lowest BCUT2D eigenvalue weighted by Gasteiger charge is -2.48. The van der Waals surface area contributed by atoms with Crippen molar-refractivity contribution in [1.29, 1.82) is 0 Å². The van der Waals surface area contributed by atoms with Gasteiger partial charge in [0.25, 0.3) is 0 Å². The van der Waals surface area contributed by atoms with E-state index in [1.165, 1.54) is 44.6 Å². The van der Waals surface area contributed by atoms with Crippen LogP contribution in [0.2, 0.25) is 0 Å².